The summed E-state index contributed by atoms with van der Waals surface area (Å²) in [6, 6.07) is 7.18. The molecule has 6 N–H and O–H groups in total. The predicted octanol–water partition coefficient (Wildman–Crippen LogP) is 5.39. The predicted molar refractivity (Wildman–Crippen MR) is 201 cm³/mol. The third-order valence-electron chi connectivity index (χ3n) is 7.59. The minimum absolute atomic E-state index is 0.00431. The van der Waals surface area contributed by atoms with Crippen molar-refractivity contribution >= 4 is 68.5 Å². The molecule has 4 aromatic carbocycles. The van der Waals surface area contributed by atoms with Crippen LogP contribution in [-0.4, -0.2) is 66.6 Å². The number of hydrogen-bond acceptors (Lipinski definition) is 16. The average molecular weight is 859 g/mol. The van der Waals surface area contributed by atoms with E-state index in [2.05, 4.69) is 14.7 Å². The van der Waals surface area contributed by atoms with Crippen molar-refractivity contribution in [3.63, 3.8) is 0 Å². The van der Waals surface area contributed by atoms with Crippen LogP contribution >= 0.6 is 0 Å². The van der Waals surface area contributed by atoms with E-state index in [1.54, 1.807) is 0 Å². The van der Waals surface area contributed by atoms with Crippen molar-refractivity contribution in [1.29, 1.82) is 0 Å². The number of aromatic nitrogens is 2. The first-order valence-corrected chi connectivity index (χ1v) is 16.8. The second-order valence-corrected chi connectivity index (χ2v) is 12.1. The number of nitrogen functional groups attached to an aromatic ring is 1. The Hall–Kier alpha value is -8.24. The van der Waals surface area contributed by atoms with Crippen LogP contribution in [0.2, 0.25) is 0 Å². The van der Waals surface area contributed by atoms with Gasteiger partial charge in [0.25, 0.3) is 0 Å². The molecule has 6 aromatic rings. The van der Waals surface area contributed by atoms with Crippen molar-refractivity contribution in [2.75, 3.05) is 12.3 Å². The lowest BCUT2D eigenvalue weighted by Gasteiger charge is -2.03. The molecule has 0 saturated carbocycles. The SMILES string of the molecule is CC(=O)c1cc(F)cc(N)c1O.CC(=O)c1cc(F)cc([N+](=O)[O-])c1O.CC(=O)c1cc(F)cc2[nH]c(=O)oc12.CCOC(=O)C(=O)CC(=O)c1cc(F)cc2[nH]c(=O)oc12. The minimum atomic E-state index is -1.14. The molecule has 2 aromatic heterocycles. The Morgan fingerprint density at radius 3 is 1.56 bits per heavy atom. The van der Waals surface area contributed by atoms with E-state index >= 15 is 0 Å². The molecule has 0 aliphatic heterocycles. The summed E-state index contributed by atoms with van der Waals surface area (Å²) in [5.74, 6) is -10.1. The number of phenols is 2. The van der Waals surface area contributed by atoms with E-state index in [1.807, 2.05) is 0 Å². The highest BCUT2D eigenvalue weighted by Gasteiger charge is 2.24. The van der Waals surface area contributed by atoms with Crippen LogP contribution in [0, 0.1) is 33.4 Å². The van der Waals surface area contributed by atoms with Crippen molar-refractivity contribution in [2.24, 2.45) is 0 Å². The lowest BCUT2D eigenvalue weighted by Crippen LogP contribution is -2.20. The number of nitro groups is 1. The second kappa shape index (κ2) is 20.0. The standard InChI is InChI=1S/C13H10FNO6.C9H6FNO3.C8H6FNO4.C8H8FNO2/c1-2-20-12(18)10(17)5-9(16)7-3-6(14)4-8-11(7)21-13(19)15-8;1-4(12)6-2-5(10)3-7-8(6)14-9(13)11-7;1-4(11)6-2-5(9)3-7(8(6)12)10(13)14;1-4(11)6-2-5(9)3-7(10)8(6)12/h3-4H,2,5H2,1H3,(H,15,19);2-3H,1H3,(H,11,13);2-3,12H,1H3;2-3,12H,10H2,1H3. The average Bonchev–Trinajstić information content (AvgIpc) is 3.73. The lowest BCUT2D eigenvalue weighted by atomic mass is 10.0. The highest BCUT2D eigenvalue weighted by atomic mass is 19.1. The molecule has 0 aliphatic carbocycles. The number of carbonyl (C=O) groups is 6. The highest BCUT2D eigenvalue weighted by Crippen LogP contribution is 2.31. The fourth-order valence-electron chi connectivity index (χ4n) is 4.92. The zero-order valence-corrected chi connectivity index (χ0v) is 31.8. The van der Waals surface area contributed by atoms with E-state index in [-0.39, 0.29) is 62.7 Å². The molecular weight excluding hydrogens is 828 g/mol. The molecule has 19 nitrogen and oxygen atoms in total. The van der Waals surface area contributed by atoms with Crippen molar-refractivity contribution in [1.82, 2.24) is 9.97 Å². The van der Waals surface area contributed by atoms with E-state index in [1.165, 1.54) is 20.8 Å². The normalized spacial score (nSPS) is 10.3. The summed E-state index contributed by atoms with van der Waals surface area (Å²) >= 11 is 0. The van der Waals surface area contributed by atoms with Gasteiger partial charge in [-0.15, -0.1) is 0 Å². The maximum atomic E-state index is 13.4. The Balaban J connectivity index is 0.000000222. The van der Waals surface area contributed by atoms with Crippen molar-refractivity contribution in [3.05, 3.63) is 125 Å². The van der Waals surface area contributed by atoms with Crippen LogP contribution in [0.5, 0.6) is 11.5 Å². The van der Waals surface area contributed by atoms with Crippen LogP contribution in [-0.2, 0) is 14.3 Å². The molecular formula is C38H30F4N4O15. The number of halogens is 4. The second-order valence-electron chi connectivity index (χ2n) is 12.1. The molecule has 0 unspecified atom stereocenters. The number of aromatic hydroxyl groups is 2. The van der Waals surface area contributed by atoms with Crippen LogP contribution in [0.3, 0.4) is 0 Å². The van der Waals surface area contributed by atoms with E-state index in [9.17, 15) is 76.2 Å². The summed E-state index contributed by atoms with van der Waals surface area (Å²) < 4.78 is 65.6. The molecule has 320 valence electrons. The fourth-order valence-corrected chi connectivity index (χ4v) is 4.92. The molecule has 0 bridgehead atoms. The number of aromatic amines is 2. The fraction of sp³-hybridized carbons (Fsp3) is 0.158. The topological polar surface area (TPSA) is 313 Å². The minimum Gasteiger partial charge on any atom is -0.505 e. The molecule has 0 atom stereocenters. The van der Waals surface area contributed by atoms with Gasteiger partial charge in [0.15, 0.2) is 34.3 Å². The number of nitrogens with zero attached hydrogens (tertiary/aromatic N) is 1. The third kappa shape index (κ3) is 12.1. The number of H-pyrrole nitrogens is 2. The highest BCUT2D eigenvalue weighted by molar-refractivity contribution is 6.38. The quantitative estimate of drug-likeness (QED) is 0.0140. The first-order chi connectivity index (χ1) is 28.4. The lowest BCUT2D eigenvalue weighted by molar-refractivity contribution is -0.386. The number of esters is 1. The Morgan fingerprint density at radius 1 is 0.689 bits per heavy atom. The van der Waals surface area contributed by atoms with Gasteiger partial charge in [-0.25, -0.2) is 31.9 Å². The molecule has 6 rings (SSSR count). The summed E-state index contributed by atoms with van der Waals surface area (Å²) in [7, 11) is 0. The van der Waals surface area contributed by atoms with Gasteiger partial charge in [-0.05, 0) is 52.0 Å². The number of rotatable bonds is 9. The van der Waals surface area contributed by atoms with Crippen LogP contribution in [0.4, 0.5) is 28.9 Å². The number of ether oxygens (including phenoxy) is 1. The van der Waals surface area contributed by atoms with Gasteiger partial charge in [0.05, 0.1) is 63.0 Å². The molecule has 0 radical (unpaired) electrons. The molecule has 0 saturated heterocycles. The first kappa shape index (κ1) is 47.1. The van der Waals surface area contributed by atoms with Crippen molar-refractivity contribution in [3.8, 4) is 11.5 Å². The van der Waals surface area contributed by atoms with Crippen LogP contribution in [0.15, 0.2) is 67.0 Å². The summed E-state index contributed by atoms with van der Waals surface area (Å²) in [5.41, 5.74) is 3.70. The summed E-state index contributed by atoms with van der Waals surface area (Å²) in [5, 5.41) is 28.7. The van der Waals surface area contributed by atoms with E-state index in [4.69, 9.17) is 14.6 Å². The van der Waals surface area contributed by atoms with Gasteiger partial charge in [0.1, 0.15) is 29.0 Å². The van der Waals surface area contributed by atoms with Crippen LogP contribution in [0.25, 0.3) is 22.2 Å². The number of ketones is 5. The zero-order valence-electron chi connectivity index (χ0n) is 31.8. The van der Waals surface area contributed by atoms with Crippen molar-refractivity contribution in [2.45, 2.75) is 34.1 Å². The number of Topliss-reactive ketones (excluding diaryl/α,β-unsaturated/α-hetero) is 5. The van der Waals surface area contributed by atoms with E-state index < -0.39 is 92.2 Å². The van der Waals surface area contributed by atoms with E-state index in [0.29, 0.717) is 6.07 Å². The smallest absolute Gasteiger partial charge is 0.417 e. The summed E-state index contributed by atoms with van der Waals surface area (Å²) in [4.78, 5) is 103. The first-order valence-electron chi connectivity index (χ1n) is 16.8. The van der Waals surface area contributed by atoms with Gasteiger partial charge in [-0.2, -0.15) is 0 Å². The molecule has 0 fully saturated rings. The van der Waals surface area contributed by atoms with Gasteiger partial charge in [0, 0.05) is 18.2 Å². The maximum Gasteiger partial charge on any atom is 0.417 e. The monoisotopic (exact) mass is 858 g/mol. The molecule has 2 heterocycles. The van der Waals surface area contributed by atoms with Gasteiger partial charge in [0.2, 0.25) is 11.5 Å². The molecule has 0 amide bonds. The molecule has 61 heavy (non-hydrogen) atoms. The van der Waals surface area contributed by atoms with Gasteiger partial charge >= 0.3 is 23.2 Å². The number of hydrogen-bond donors (Lipinski definition) is 5. The number of carbonyl (C=O) groups excluding carboxylic acids is 6. The summed E-state index contributed by atoms with van der Waals surface area (Å²) in [6.07, 6.45) is -0.799. The third-order valence-corrected chi connectivity index (χ3v) is 7.59. The Bertz CT molecular complexity index is 2820. The van der Waals surface area contributed by atoms with Gasteiger partial charge in [-0.1, -0.05) is 0 Å². The summed E-state index contributed by atoms with van der Waals surface area (Å²) in [6.45, 7) is 5.10. The molecule has 23 heteroatoms. The molecule has 0 spiro atoms. The van der Waals surface area contributed by atoms with Gasteiger partial charge < -0.3 is 29.5 Å². The number of benzene rings is 4. The largest absolute Gasteiger partial charge is 0.505 e. The zero-order chi connectivity index (χ0) is 46.0. The molecule has 0 aliphatic rings. The Labute approximate surface area is 336 Å². The number of fused-ring (bicyclic) bond motifs is 2. The van der Waals surface area contributed by atoms with Crippen molar-refractivity contribution < 1.29 is 75.0 Å². The maximum absolute atomic E-state index is 13.4. The Morgan fingerprint density at radius 2 is 1.10 bits per heavy atom. The number of nitro benzene ring substituents is 1. The number of phenolic OH excluding ortho intramolecular Hbond substituents is 2. The number of nitrogens with two attached hydrogens (primary N) is 1. The van der Waals surface area contributed by atoms with Crippen LogP contribution < -0.4 is 17.2 Å². The van der Waals surface area contributed by atoms with E-state index in [0.717, 1.165) is 49.4 Å². The van der Waals surface area contributed by atoms with Gasteiger partial charge in [-0.3, -0.25) is 44.1 Å². The van der Waals surface area contributed by atoms with Crippen LogP contribution in [0.1, 0.15) is 75.5 Å². The Kier molecular flexibility index (Phi) is 15.4. The number of oxazole rings is 2. The number of nitrogens with one attached hydrogen (secondary N) is 2. The number of anilines is 1.